The number of pyridine rings is 1. The maximum atomic E-state index is 6.35. The highest BCUT2D eigenvalue weighted by Crippen LogP contribution is 2.22. The Morgan fingerprint density at radius 3 is 2.57 bits per heavy atom. The lowest BCUT2D eigenvalue weighted by Crippen LogP contribution is -2.13. The highest BCUT2D eigenvalue weighted by atomic mass is 79.9. The Labute approximate surface area is 133 Å². The first-order chi connectivity index (χ1) is 10.1. The molecule has 1 unspecified atom stereocenters. The average molecular weight is 341 g/mol. The van der Waals surface area contributed by atoms with Crippen LogP contribution >= 0.6 is 15.9 Å². The molecule has 3 rings (SSSR count). The van der Waals surface area contributed by atoms with Gasteiger partial charge in [-0.2, -0.15) is 0 Å². The molecule has 0 fully saturated rings. The second kappa shape index (κ2) is 5.96. The monoisotopic (exact) mass is 340 g/mol. The Kier molecular flexibility index (Phi) is 4.04. The molecule has 2 nitrogen and oxygen atoms in total. The summed E-state index contributed by atoms with van der Waals surface area (Å²) in [6.45, 7) is 2.01. The number of fused-ring (bicyclic) bond motifs is 1. The normalized spacial score (nSPS) is 12.5. The minimum absolute atomic E-state index is 0.00289. The molecule has 106 valence electrons. The summed E-state index contributed by atoms with van der Waals surface area (Å²) in [5.74, 6) is 0. The van der Waals surface area contributed by atoms with Crippen LogP contribution in [-0.4, -0.2) is 4.98 Å². The molecule has 1 atom stereocenters. The summed E-state index contributed by atoms with van der Waals surface area (Å²) >= 11 is 3.45. The maximum Gasteiger partial charge on any atom is 0.0705 e. The molecule has 2 aromatic carbocycles. The molecule has 0 bridgehead atoms. The molecule has 1 heterocycles. The Balaban J connectivity index is 1.85. The van der Waals surface area contributed by atoms with Crippen molar-refractivity contribution in [2.75, 3.05) is 0 Å². The predicted octanol–water partition coefficient (Wildman–Crippen LogP) is 4.55. The van der Waals surface area contributed by atoms with E-state index in [1.165, 1.54) is 5.56 Å². The van der Waals surface area contributed by atoms with Crippen LogP contribution in [0.15, 0.2) is 59.1 Å². The number of hydrogen-bond acceptors (Lipinski definition) is 2. The van der Waals surface area contributed by atoms with Gasteiger partial charge in [-0.3, -0.25) is 4.98 Å². The van der Waals surface area contributed by atoms with E-state index >= 15 is 0 Å². The van der Waals surface area contributed by atoms with E-state index in [4.69, 9.17) is 5.73 Å². The van der Waals surface area contributed by atoms with Crippen LogP contribution in [0.3, 0.4) is 0 Å². The van der Waals surface area contributed by atoms with Crippen molar-refractivity contribution >= 4 is 26.8 Å². The fourth-order valence-electron chi connectivity index (χ4n) is 2.47. The van der Waals surface area contributed by atoms with Crippen LogP contribution in [0.25, 0.3) is 10.9 Å². The Bertz CT molecular complexity index is 766. The standard InChI is InChI=1S/C18H17BrN2/c1-12-2-5-15-11-14(6-9-18(15)21-12)17(20)10-13-3-7-16(19)8-4-13/h2-9,11,17H,10,20H2,1H3. The number of benzene rings is 2. The predicted molar refractivity (Wildman–Crippen MR) is 91.3 cm³/mol. The van der Waals surface area contributed by atoms with Gasteiger partial charge in [-0.1, -0.05) is 40.2 Å². The molecule has 0 aliphatic heterocycles. The first-order valence-electron chi connectivity index (χ1n) is 6.99. The van der Waals surface area contributed by atoms with Crippen molar-refractivity contribution < 1.29 is 0 Å². The van der Waals surface area contributed by atoms with Gasteiger partial charge in [0.25, 0.3) is 0 Å². The number of aryl methyl sites for hydroxylation is 1. The number of nitrogens with two attached hydrogens (primary N) is 1. The van der Waals surface area contributed by atoms with Gasteiger partial charge in [-0.15, -0.1) is 0 Å². The van der Waals surface area contributed by atoms with Gasteiger partial charge in [0.15, 0.2) is 0 Å². The zero-order valence-electron chi connectivity index (χ0n) is 11.9. The van der Waals surface area contributed by atoms with Gasteiger partial charge in [-0.05, 0) is 54.8 Å². The Morgan fingerprint density at radius 2 is 1.81 bits per heavy atom. The third-order valence-corrected chi connectivity index (χ3v) is 4.18. The van der Waals surface area contributed by atoms with Gasteiger partial charge in [0.2, 0.25) is 0 Å². The van der Waals surface area contributed by atoms with E-state index in [2.05, 4.69) is 69.4 Å². The van der Waals surface area contributed by atoms with E-state index in [0.717, 1.165) is 33.1 Å². The van der Waals surface area contributed by atoms with Crippen LogP contribution in [0.4, 0.5) is 0 Å². The second-order valence-corrected chi connectivity index (χ2v) is 6.26. The van der Waals surface area contributed by atoms with E-state index in [-0.39, 0.29) is 6.04 Å². The van der Waals surface area contributed by atoms with E-state index in [0.29, 0.717) is 0 Å². The molecule has 0 amide bonds. The molecule has 0 aliphatic rings. The summed E-state index contributed by atoms with van der Waals surface area (Å²) in [6, 6.07) is 18.7. The van der Waals surface area contributed by atoms with Crippen molar-refractivity contribution in [3.63, 3.8) is 0 Å². The highest BCUT2D eigenvalue weighted by molar-refractivity contribution is 9.10. The van der Waals surface area contributed by atoms with Crippen molar-refractivity contribution in [2.24, 2.45) is 5.73 Å². The third kappa shape index (κ3) is 3.31. The summed E-state index contributed by atoms with van der Waals surface area (Å²) in [6.07, 6.45) is 0.831. The summed E-state index contributed by atoms with van der Waals surface area (Å²) in [7, 11) is 0. The molecule has 0 saturated heterocycles. The fourth-order valence-corrected chi connectivity index (χ4v) is 2.73. The smallest absolute Gasteiger partial charge is 0.0705 e. The number of halogens is 1. The number of rotatable bonds is 3. The summed E-state index contributed by atoms with van der Waals surface area (Å²) in [5.41, 5.74) is 10.8. The minimum atomic E-state index is -0.00289. The number of nitrogens with zero attached hydrogens (tertiary/aromatic N) is 1. The maximum absolute atomic E-state index is 6.35. The molecular weight excluding hydrogens is 324 g/mol. The molecule has 0 saturated carbocycles. The van der Waals surface area contributed by atoms with Crippen molar-refractivity contribution in [1.82, 2.24) is 4.98 Å². The SMILES string of the molecule is Cc1ccc2cc(C(N)Cc3ccc(Br)cc3)ccc2n1. The summed E-state index contributed by atoms with van der Waals surface area (Å²) in [4.78, 5) is 4.52. The lowest BCUT2D eigenvalue weighted by molar-refractivity contribution is 0.723. The topological polar surface area (TPSA) is 38.9 Å². The zero-order valence-corrected chi connectivity index (χ0v) is 13.5. The van der Waals surface area contributed by atoms with E-state index in [9.17, 15) is 0 Å². The van der Waals surface area contributed by atoms with Gasteiger partial charge >= 0.3 is 0 Å². The number of hydrogen-bond donors (Lipinski definition) is 1. The van der Waals surface area contributed by atoms with Gasteiger partial charge in [0, 0.05) is 21.6 Å². The summed E-state index contributed by atoms with van der Waals surface area (Å²) < 4.78 is 1.09. The van der Waals surface area contributed by atoms with Gasteiger partial charge in [-0.25, -0.2) is 0 Å². The van der Waals surface area contributed by atoms with E-state index < -0.39 is 0 Å². The Morgan fingerprint density at radius 1 is 1.05 bits per heavy atom. The van der Waals surface area contributed by atoms with Gasteiger partial charge < -0.3 is 5.73 Å². The van der Waals surface area contributed by atoms with E-state index in [1.807, 2.05) is 13.0 Å². The van der Waals surface area contributed by atoms with Crippen molar-refractivity contribution in [3.8, 4) is 0 Å². The lowest BCUT2D eigenvalue weighted by atomic mass is 9.98. The zero-order chi connectivity index (χ0) is 14.8. The van der Waals surface area contributed by atoms with Gasteiger partial charge in [0.05, 0.1) is 5.52 Å². The molecule has 3 heteroatoms. The lowest BCUT2D eigenvalue weighted by Gasteiger charge is -2.13. The van der Waals surface area contributed by atoms with Crippen LogP contribution in [0.5, 0.6) is 0 Å². The van der Waals surface area contributed by atoms with E-state index in [1.54, 1.807) is 0 Å². The summed E-state index contributed by atoms with van der Waals surface area (Å²) in [5, 5.41) is 1.14. The molecule has 3 aromatic rings. The molecule has 2 N–H and O–H groups in total. The van der Waals surface area contributed by atoms with Crippen molar-refractivity contribution in [2.45, 2.75) is 19.4 Å². The third-order valence-electron chi connectivity index (χ3n) is 3.65. The van der Waals surface area contributed by atoms with Crippen molar-refractivity contribution in [3.05, 3.63) is 75.9 Å². The second-order valence-electron chi connectivity index (χ2n) is 5.34. The van der Waals surface area contributed by atoms with Crippen LogP contribution in [0.2, 0.25) is 0 Å². The molecule has 0 aliphatic carbocycles. The van der Waals surface area contributed by atoms with Crippen LogP contribution in [0.1, 0.15) is 22.9 Å². The molecule has 0 spiro atoms. The molecule has 21 heavy (non-hydrogen) atoms. The first kappa shape index (κ1) is 14.2. The fraction of sp³-hybridized carbons (Fsp3) is 0.167. The van der Waals surface area contributed by atoms with Crippen LogP contribution in [-0.2, 0) is 6.42 Å². The van der Waals surface area contributed by atoms with Gasteiger partial charge in [0.1, 0.15) is 0 Å². The largest absolute Gasteiger partial charge is 0.324 e. The quantitative estimate of drug-likeness (QED) is 0.759. The van der Waals surface area contributed by atoms with Crippen LogP contribution < -0.4 is 5.73 Å². The molecule has 1 aromatic heterocycles. The number of aromatic nitrogens is 1. The molecular formula is C18H17BrN2. The van der Waals surface area contributed by atoms with Crippen molar-refractivity contribution in [1.29, 1.82) is 0 Å². The minimum Gasteiger partial charge on any atom is -0.324 e. The average Bonchev–Trinajstić information content (AvgIpc) is 2.49. The molecule has 0 radical (unpaired) electrons. The first-order valence-corrected chi connectivity index (χ1v) is 7.78. The van der Waals surface area contributed by atoms with Crippen LogP contribution in [0, 0.1) is 6.92 Å². The Hall–Kier alpha value is -1.71. The highest BCUT2D eigenvalue weighted by Gasteiger charge is 2.08.